The van der Waals surface area contributed by atoms with Gasteiger partial charge in [-0.1, -0.05) is 159 Å². The SMILES string of the molecule is CC1(C)c2ccccc2-c2ccc(N(c3ccc(-c4cc5ccccc5c5ccccc45)cc3)c3ccc4c5ccccc5c5ccccc5c4c3)cc21. The second-order valence-corrected chi connectivity index (χ2v) is 15.3. The summed E-state index contributed by atoms with van der Waals surface area (Å²) in [5.41, 5.74) is 11.2. The van der Waals surface area contributed by atoms with Crippen molar-refractivity contribution in [2.75, 3.05) is 4.90 Å². The van der Waals surface area contributed by atoms with E-state index in [9.17, 15) is 0 Å². The predicted octanol–water partition coefficient (Wildman–Crippen LogP) is 14.9. The van der Waals surface area contributed by atoms with Crippen molar-refractivity contribution >= 4 is 70.9 Å². The minimum absolute atomic E-state index is 0.104. The molecule has 0 radical (unpaired) electrons. The fourth-order valence-corrected chi connectivity index (χ4v) is 9.40. The van der Waals surface area contributed by atoms with Gasteiger partial charge in [-0.05, 0) is 130 Å². The lowest BCUT2D eigenvalue weighted by molar-refractivity contribution is 0.660. The van der Waals surface area contributed by atoms with Crippen LogP contribution >= 0.6 is 0 Å². The Morgan fingerprint density at radius 2 is 0.796 bits per heavy atom. The number of benzene rings is 10. The molecule has 0 amide bonds. The van der Waals surface area contributed by atoms with E-state index in [1.54, 1.807) is 0 Å². The second kappa shape index (κ2) is 11.7. The van der Waals surface area contributed by atoms with Crippen LogP contribution in [0.2, 0.25) is 0 Å². The molecular formula is C53H37N. The highest BCUT2D eigenvalue weighted by atomic mass is 15.1. The third kappa shape index (κ3) is 4.52. The number of fused-ring (bicyclic) bond motifs is 12. The van der Waals surface area contributed by atoms with E-state index in [0.717, 1.165) is 17.1 Å². The maximum absolute atomic E-state index is 2.45. The Morgan fingerprint density at radius 1 is 0.315 bits per heavy atom. The van der Waals surface area contributed by atoms with Crippen molar-refractivity contribution in [2.24, 2.45) is 0 Å². The van der Waals surface area contributed by atoms with Gasteiger partial charge in [0.1, 0.15) is 0 Å². The Kier molecular flexibility index (Phi) is 6.66. The van der Waals surface area contributed by atoms with Gasteiger partial charge in [0.15, 0.2) is 0 Å². The van der Waals surface area contributed by atoms with Gasteiger partial charge >= 0.3 is 0 Å². The fourth-order valence-electron chi connectivity index (χ4n) is 9.40. The molecule has 0 N–H and O–H groups in total. The molecular weight excluding hydrogens is 651 g/mol. The van der Waals surface area contributed by atoms with E-state index >= 15 is 0 Å². The third-order valence-corrected chi connectivity index (χ3v) is 12.0. The standard InChI is InChI=1S/C53H37N/c1-53(2)51-22-12-11-21-47(51)48-30-28-38(33-52(48)53)54(37-27-29-46-43-18-7-6-16-41(43)42-17-8-10-20-45(42)50(46)32-37)36-25-23-34(24-26-36)49-31-35-13-3-4-14-39(35)40-15-5-9-19-44(40)49/h3-33H,1-2H3. The van der Waals surface area contributed by atoms with Crippen LogP contribution in [0.5, 0.6) is 0 Å². The Bertz CT molecular complexity index is 3100. The highest BCUT2D eigenvalue weighted by molar-refractivity contribution is 6.26. The quantitative estimate of drug-likeness (QED) is 0.167. The molecule has 10 aromatic carbocycles. The maximum Gasteiger partial charge on any atom is 0.0468 e. The molecule has 0 heterocycles. The van der Waals surface area contributed by atoms with Crippen LogP contribution in [0.15, 0.2) is 188 Å². The van der Waals surface area contributed by atoms with Crippen molar-refractivity contribution in [1.82, 2.24) is 0 Å². The molecule has 0 atom stereocenters. The normalized spacial score (nSPS) is 13.1. The molecule has 0 saturated heterocycles. The molecule has 54 heavy (non-hydrogen) atoms. The molecule has 1 aliphatic carbocycles. The summed E-state index contributed by atoms with van der Waals surface area (Å²) in [5.74, 6) is 0. The van der Waals surface area contributed by atoms with Crippen LogP contribution in [0.1, 0.15) is 25.0 Å². The van der Waals surface area contributed by atoms with E-state index in [0.29, 0.717) is 0 Å². The van der Waals surface area contributed by atoms with Crippen LogP contribution < -0.4 is 4.90 Å². The Hall–Kier alpha value is -6.70. The summed E-state index contributed by atoms with van der Waals surface area (Å²) in [5, 5.41) is 12.8. The van der Waals surface area contributed by atoms with Crippen LogP contribution in [0.4, 0.5) is 17.1 Å². The number of hydrogen-bond donors (Lipinski definition) is 0. The predicted molar refractivity (Wildman–Crippen MR) is 232 cm³/mol. The van der Waals surface area contributed by atoms with Gasteiger partial charge in [0.2, 0.25) is 0 Å². The van der Waals surface area contributed by atoms with Crippen LogP contribution in [0.25, 0.3) is 76.1 Å². The van der Waals surface area contributed by atoms with Crippen molar-refractivity contribution in [3.8, 4) is 22.3 Å². The van der Waals surface area contributed by atoms with Gasteiger partial charge in [-0.15, -0.1) is 0 Å². The molecule has 0 fully saturated rings. The van der Waals surface area contributed by atoms with Crippen molar-refractivity contribution < 1.29 is 0 Å². The summed E-state index contributed by atoms with van der Waals surface area (Å²) in [4.78, 5) is 2.45. The average Bonchev–Trinajstić information content (AvgIpc) is 3.46. The number of hydrogen-bond acceptors (Lipinski definition) is 1. The van der Waals surface area contributed by atoms with Gasteiger partial charge in [0.25, 0.3) is 0 Å². The molecule has 1 heteroatoms. The van der Waals surface area contributed by atoms with E-state index in [1.165, 1.54) is 87.2 Å². The molecule has 0 aliphatic heterocycles. The van der Waals surface area contributed by atoms with Crippen molar-refractivity contribution in [3.63, 3.8) is 0 Å². The third-order valence-electron chi connectivity index (χ3n) is 12.0. The largest absolute Gasteiger partial charge is 0.310 e. The first-order valence-corrected chi connectivity index (χ1v) is 18.9. The molecule has 0 aromatic heterocycles. The molecule has 0 saturated carbocycles. The Labute approximate surface area is 315 Å². The zero-order valence-corrected chi connectivity index (χ0v) is 30.3. The molecule has 11 rings (SSSR count). The smallest absolute Gasteiger partial charge is 0.0468 e. The molecule has 10 aromatic rings. The fraction of sp³-hybridized carbons (Fsp3) is 0.0566. The lowest BCUT2D eigenvalue weighted by atomic mass is 9.82. The van der Waals surface area contributed by atoms with Gasteiger partial charge in [-0.3, -0.25) is 0 Å². The average molecular weight is 688 g/mol. The molecule has 1 nitrogen and oxygen atoms in total. The van der Waals surface area contributed by atoms with Gasteiger partial charge < -0.3 is 4.90 Å². The maximum atomic E-state index is 2.45. The van der Waals surface area contributed by atoms with Crippen LogP contribution in [0.3, 0.4) is 0 Å². The Balaban J connectivity index is 1.12. The molecule has 0 unspecified atom stereocenters. The molecule has 0 spiro atoms. The minimum atomic E-state index is -0.104. The lowest BCUT2D eigenvalue weighted by Gasteiger charge is -2.29. The van der Waals surface area contributed by atoms with Crippen molar-refractivity contribution in [1.29, 1.82) is 0 Å². The van der Waals surface area contributed by atoms with Crippen molar-refractivity contribution in [3.05, 3.63) is 199 Å². The second-order valence-electron chi connectivity index (χ2n) is 15.3. The summed E-state index contributed by atoms with van der Waals surface area (Å²) >= 11 is 0. The topological polar surface area (TPSA) is 3.24 Å². The first-order valence-electron chi connectivity index (χ1n) is 18.9. The van der Waals surface area contributed by atoms with Crippen molar-refractivity contribution in [2.45, 2.75) is 19.3 Å². The molecule has 254 valence electrons. The Morgan fingerprint density at radius 3 is 1.50 bits per heavy atom. The van der Waals surface area contributed by atoms with E-state index in [1.807, 2.05) is 0 Å². The minimum Gasteiger partial charge on any atom is -0.310 e. The monoisotopic (exact) mass is 687 g/mol. The van der Waals surface area contributed by atoms with Crippen LogP contribution in [-0.2, 0) is 5.41 Å². The summed E-state index contributed by atoms with van der Waals surface area (Å²) in [7, 11) is 0. The van der Waals surface area contributed by atoms with Gasteiger partial charge in [0, 0.05) is 22.5 Å². The summed E-state index contributed by atoms with van der Waals surface area (Å²) in [6.07, 6.45) is 0. The van der Waals surface area contributed by atoms with E-state index < -0.39 is 0 Å². The van der Waals surface area contributed by atoms with Gasteiger partial charge in [-0.25, -0.2) is 0 Å². The number of anilines is 3. The van der Waals surface area contributed by atoms with Crippen LogP contribution in [0, 0.1) is 0 Å². The summed E-state index contributed by atoms with van der Waals surface area (Å²) in [6, 6.07) is 69.8. The van der Waals surface area contributed by atoms with E-state index in [2.05, 4.69) is 207 Å². The number of nitrogens with zero attached hydrogens (tertiary/aromatic N) is 1. The summed E-state index contributed by atoms with van der Waals surface area (Å²) < 4.78 is 0. The summed E-state index contributed by atoms with van der Waals surface area (Å²) in [6.45, 7) is 4.73. The van der Waals surface area contributed by atoms with Gasteiger partial charge in [0.05, 0.1) is 0 Å². The first kappa shape index (κ1) is 30.9. The highest BCUT2D eigenvalue weighted by Crippen LogP contribution is 2.51. The van der Waals surface area contributed by atoms with E-state index in [-0.39, 0.29) is 5.41 Å². The first-order chi connectivity index (χ1) is 26.5. The highest BCUT2D eigenvalue weighted by Gasteiger charge is 2.35. The zero-order valence-electron chi connectivity index (χ0n) is 30.3. The number of rotatable bonds is 4. The van der Waals surface area contributed by atoms with Gasteiger partial charge in [-0.2, -0.15) is 0 Å². The van der Waals surface area contributed by atoms with Crippen LogP contribution in [-0.4, -0.2) is 0 Å². The zero-order chi connectivity index (χ0) is 36.0. The van der Waals surface area contributed by atoms with E-state index in [4.69, 9.17) is 0 Å². The molecule has 0 bridgehead atoms. The molecule has 1 aliphatic rings. The lowest BCUT2D eigenvalue weighted by Crippen LogP contribution is -2.16.